The van der Waals surface area contributed by atoms with Gasteiger partial charge in [0, 0.05) is 19.1 Å². The summed E-state index contributed by atoms with van der Waals surface area (Å²) in [5.74, 6) is 0. The Balaban J connectivity index is 2.39. The third-order valence-corrected chi connectivity index (χ3v) is 1.47. The van der Waals surface area contributed by atoms with Crippen LogP contribution in [-0.4, -0.2) is 37.3 Å². The molecule has 0 aromatic rings. The number of likely N-dealkylation sites (tertiary alicyclic amines) is 1. The zero-order valence-corrected chi connectivity index (χ0v) is 4.97. The standard InChI is InChI=1S/C5H11FN2/c1-8-2-4(6)5(7)3-8/h4-5H,2-3,7H2,1H3. The van der Waals surface area contributed by atoms with Crippen LogP contribution in [0.4, 0.5) is 4.39 Å². The van der Waals surface area contributed by atoms with E-state index in [4.69, 9.17) is 5.73 Å². The van der Waals surface area contributed by atoms with Gasteiger partial charge in [0.05, 0.1) is 0 Å². The molecule has 0 aromatic heterocycles. The molecule has 1 aliphatic rings. The number of hydrogen-bond donors (Lipinski definition) is 1. The molecular formula is C5H11FN2. The van der Waals surface area contributed by atoms with Crippen LogP contribution in [0, 0.1) is 0 Å². The molecule has 2 atom stereocenters. The topological polar surface area (TPSA) is 29.3 Å². The summed E-state index contributed by atoms with van der Waals surface area (Å²) in [6, 6.07) is -0.250. The number of halogens is 1. The normalized spacial score (nSPS) is 40.9. The van der Waals surface area contributed by atoms with Crippen LogP contribution in [0.3, 0.4) is 0 Å². The fourth-order valence-electron chi connectivity index (χ4n) is 0.982. The molecule has 48 valence electrons. The third-order valence-electron chi connectivity index (χ3n) is 1.47. The van der Waals surface area contributed by atoms with Crippen molar-refractivity contribution in [2.75, 3.05) is 20.1 Å². The van der Waals surface area contributed by atoms with E-state index in [2.05, 4.69) is 0 Å². The highest BCUT2D eigenvalue weighted by Crippen LogP contribution is 2.07. The molecule has 2 nitrogen and oxygen atoms in total. The van der Waals surface area contributed by atoms with Gasteiger partial charge < -0.3 is 10.6 Å². The first-order valence-electron chi connectivity index (χ1n) is 2.78. The van der Waals surface area contributed by atoms with Crippen molar-refractivity contribution >= 4 is 0 Å². The lowest BCUT2D eigenvalue weighted by Gasteiger charge is -2.02. The highest BCUT2D eigenvalue weighted by molar-refractivity contribution is 4.84. The molecule has 1 rings (SSSR count). The molecule has 1 saturated heterocycles. The number of likely N-dealkylation sites (N-methyl/N-ethyl adjacent to an activating group) is 1. The molecule has 0 radical (unpaired) electrons. The van der Waals surface area contributed by atoms with E-state index in [9.17, 15) is 4.39 Å². The fraction of sp³-hybridized carbons (Fsp3) is 1.00. The summed E-state index contributed by atoms with van der Waals surface area (Å²) in [5.41, 5.74) is 5.35. The molecule has 0 saturated carbocycles. The zero-order valence-electron chi connectivity index (χ0n) is 4.97. The maximum atomic E-state index is 12.4. The lowest BCUT2D eigenvalue weighted by Crippen LogP contribution is -2.29. The minimum Gasteiger partial charge on any atom is -0.324 e. The Labute approximate surface area is 48.5 Å². The van der Waals surface area contributed by atoms with Crippen LogP contribution in [0.15, 0.2) is 0 Å². The molecule has 1 fully saturated rings. The Morgan fingerprint density at radius 2 is 2.25 bits per heavy atom. The van der Waals surface area contributed by atoms with Crippen molar-refractivity contribution in [1.29, 1.82) is 0 Å². The summed E-state index contributed by atoms with van der Waals surface area (Å²) in [6.07, 6.45) is -0.806. The van der Waals surface area contributed by atoms with Crippen LogP contribution in [0.1, 0.15) is 0 Å². The number of nitrogens with zero attached hydrogens (tertiary/aromatic N) is 1. The monoisotopic (exact) mass is 118 g/mol. The molecule has 0 aliphatic carbocycles. The molecule has 1 aliphatic heterocycles. The number of nitrogens with two attached hydrogens (primary N) is 1. The van der Waals surface area contributed by atoms with Gasteiger partial charge >= 0.3 is 0 Å². The van der Waals surface area contributed by atoms with Crippen LogP contribution in [0.25, 0.3) is 0 Å². The van der Waals surface area contributed by atoms with Gasteiger partial charge in [-0.05, 0) is 7.05 Å². The fourth-order valence-corrected chi connectivity index (χ4v) is 0.982. The summed E-state index contributed by atoms with van der Waals surface area (Å²) in [6.45, 7) is 1.20. The Morgan fingerprint density at radius 1 is 1.62 bits per heavy atom. The van der Waals surface area contributed by atoms with Gasteiger partial charge in [-0.3, -0.25) is 0 Å². The number of rotatable bonds is 0. The van der Waals surface area contributed by atoms with Crippen molar-refractivity contribution in [2.45, 2.75) is 12.2 Å². The molecule has 1 heterocycles. The smallest absolute Gasteiger partial charge is 0.129 e. The van der Waals surface area contributed by atoms with E-state index in [0.717, 1.165) is 0 Å². The predicted molar refractivity (Wildman–Crippen MR) is 30.4 cm³/mol. The molecule has 3 heteroatoms. The van der Waals surface area contributed by atoms with Gasteiger partial charge in [0.2, 0.25) is 0 Å². The van der Waals surface area contributed by atoms with Gasteiger partial charge in [0.15, 0.2) is 0 Å². The van der Waals surface area contributed by atoms with E-state index >= 15 is 0 Å². The summed E-state index contributed by atoms with van der Waals surface area (Å²) < 4.78 is 12.4. The largest absolute Gasteiger partial charge is 0.324 e. The quantitative estimate of drug-likeness (QED) is 0.469. The molecule has 8 heavy (non-hydrogen) atoms. The highest BCUT2D eigenvalue weighted by atomic mass is 19.1. The molecule has 2 unspecified atom stereocenters. The lowest BCUT2D eigenvalue weighted by molar-refractivity contribution is 0.309. The van der Waals surface area contributed by atoms with Crippen LogP contribution >= 0.6 is 0 Å². The Bertz CT molecular complexity index is 76.5. The summed E-state index contributed by atoms with van der Waals surface area (Å²) in [7, 11) is 1.87. The molecule has 0 aromatic carbocycles. The predicted octanol–water partition coefficient (Wildman–Crippen LogP) is -0.403. The summed E-state index contributed by atoms with van der Waals surface area (Å²) >= 11 is 0. The second-order valence-corrected chi connectivity index (χ2v) is 2.40. The summed E-state index contributed by atoms with van der Waals surface area (Å²) in [5, 5.41) is 0. The first-order chi connectivity index (χ1) is 3.70. The SMILES string of the molecule is CN1CC(N)C(F)C1. The van der Waals surface area contributed by atoms with E-state index in [1.807, 2.05) is 11.9 Å². The minimum atomic E-state index is -0.806. The Kier molecular flexibility index (Phi) is 1.49. The van der Waals surface area contributed by atoms with Crippen LogP contribution in [0.2, 0.25) is 0 Å². The van der Waals surface area contributed by atoms with E-state index in [1.54, 1.807) is 0 Å². The highest BCUT2D eigenvalue weighted by Gasteiger charge is 2.26. The van der Waals surface area contributed by atoms with Gasteiger partial charge in [-0.15, -0.1) is 0 Å². The molecular weight excluding hydrogens is 107 g/mol. The third kappa shape index (κ3) is 0.980. The van der Waals surface area contributed by atoms with Gasteiger partial charge in [-0.25, -0.2) is 4.39 Å². The first-order valence-corrected chi connectivity index (χ1v) is 2.78. The van der Waals surface area contributed by atoms with Crippen molar-refractivity contribution in [1.82, 2.24) is 4.90 Å². The number of alkyl halides is 1. The van der Waals surface area contributed by atoms with Gasteiger partial charge in [-0.2, -0.15) is 0 Å². The van der Waals surface area contributed by atoms with E-state index in [0.29, 0.717) is 13.1 Å². The average molecular weight is 118 g/mol. The van der Waals surface area contributed by atoms with Gasteiger partial charge in [0.1, 0.15) is 6.17 Å². The second kappa shape index (κ2) is 1.99. The van der Waals surface area contributed by atoms with E-state index in [1.165, 1.54) is 0 Å². The Morgan fingerprint density at radius 3 is 2.38 bits per heavy atom. The van der Waals surface area contributed by atoms with Crippen LogP contribution in [0.5, 0.6) is 0 Å². The maximum absolute atomic E-state index is 12.4. The van der Waals surface area contributed by atoms with Crippen molar-refractivity contribution in [3.63, 3.8) is 0 Å². The van der Waals surface area contributed by atoms with Crippen LogP contribution in [-0.2, 0) is 0 Å². The average Bonchev–Trinajstić information content (AvgIpc) is 1.85. The first kappa shape index (κ1) is 5.98. The van der Waals surface area contributed by atoms with Crippen molar-refractivity contribution < 1.29 is 4.39 Å². The van der Waals surface area contributed by atoms with Crippen LogP contribution < -0.4 is 5.73 Å². The maximum Gasteiger partial charge on any atom is 0.129 e. The number of hydrogen-bond acceptors (Lipinski definition) is 2. The van der Waals surface area contributed by atoms with Crippen molar-refractivity contribution in [3.05, 3.63) is 0 Å². The van der Waals surface area contributed by atoms with Crippen molar-refractivity contribution in [3.8, 4) is 0 Å². The minimum absolute atomic E-state index is 0.250. The molecule has 0 amide bonds. The zero-order chi connectivity index (χ0) is 6.15. The van der Waals surface area contributed by atoms with Gasteiger partial charge in [0.25, 0.3) is 0 Å². The molecule has 2 N–H and O–H groups in total. The lowest BCUT2D eigenvalue weighted by atomic mass is 10.3. The second-order valence-electron chi connectivity index (χ2n) is 2.40. The molecule has 0 spiro atoms. The van der Waals surface area contributed by atoms with Crippen molar-refractivity contribution in [2.24, 2.45) is 5.73 Å². The Hall–Kier alpha value is -0.150. The molecule has 0 bridgehead atoms. The summed E-state index contributed by atoms with van der Waals surface area (Å²) in [4.78, 5) is 1.90. The van der Waals surface area contributed by atoms with Gasteiger partial charge in [-0.1, -0.05) is 0 Å². The van der Waals surface area contributed by atoms with E-state index in [-0.39, 0.29) is 6.04 Å². The van der Waals surface area contributed by atoms with E-state index < -0.39 is 6.17 Å².